The number of unbranched alkanes of at least 4 members (excludes halogenated alkanes) is 3. The lowest BCUT2D eigenvalue weighted by Crippen LogP contribution is -2.37. The van der Waals surface area contributed by atoms with Crippen LogP contribution in [0, 0.1) is 0 Å². The monoisotopic (exact) mass is 954 g/mol. The summed E-state index contributed by atoms with van der Waals surface area (Å²) in [6.45, 7) is 0.533. The van der Waals surface area contributed by atoms with Crippen molar-refractivity contribution in [3.8, 4) is 0 Å². The molecule has 7 atom stereocenters. The third kappa shape index (κ3) is 12.3. The summed E-state index contributed by atoms with van der Waals surface area (Å²) in [6.07, 6.45) is -1.32. The van der Waals surface area contributed by atoms with Crippen LogP contribution in [0.4, 0.5) is 23.1 Å². The van der Waals surface area contributed by atoms with Crippen LogP contribution in [0.5, 0.6) is 0 Å². The Morgan fingerprint density at radius 1 is 0.875 bits per heavy atom. The lowest BCUT2D eigenvalue weighted by molar-refractivity contribution is -0.645. The highest BCUT2D eigenvalue weighted by molar-refractivity contribution is 7.66. The molecule has 1 amide bonds. The predicted molar refractivity (Wildman–Crippen MR) is 233 cm³/mol. The lowest BCUT2D eigenvalue weighted by atomic mass is 10.1. The number of rotatable bonds is 22. The first-order chi connectivity index (χ1) is 30.1. The van der Waals surface area contributed by atoms with Gasteiger partial charge in [0, 0.05) is 88.4 Å². The number of aliphatic hydroxyl groups excluding tert-OH is 2. The topological polar surface area (TPSA) is 333 Å². The molecule has 6 rings (SSSR count). The van der Waals surface area contributed by atoms with Crippen molar-refractivity contribution in [3.63, 3.8) is 0 Å². The molecule has 1 saturated heterocycles. The van der Waals surface area contributed by atoms with Gasteiger partial charge in [-0.2, -0.15) is 8.88 Å². The van der Waals surface area contributed by atoms with Gasteiger partial charge in [0.25, 0.3) is 7.82 Å². The maximum Gasteiger partial charge on any atom is 0.487 e. The van der Waals surface area contributed by atoms with Crippen LogP contribution in [-0.2, 0) is 42.9 Å². The number of hydrogen-bond acceptors (Lipinski definition) is 18. The number of phosphoric acid groups is 3. The summed E-state index contributed by atoms with van der Waals surface area (Å²) < 4.78 is 55.9. The Morgan fingerprint density at radius 2 is 1.50 bits per heavy atom. The van der Waals surface area contributed by atoms with Crippen molar-refractivity contribution in [2.75, 3.05) is 68.7 Å². The van der Waals surface area contributed by atoms with Gasteiger partial charge in [-0.15, -0.1) is 0 Å². The molecule has 4 heterocycles. The number of aryl methyl sites for hydroxylation is 1. The van der Waals surface area contributed by atoms with E-state index in [0.29, 0.717) is 38.9 Å². The Kier molecular flexibility index (Phi) is 15.7. The van der Waals surface area contributed by atoms with Crippen molar-refractivity contribution >= 4 is 85.5 Å². The maximum absolute atomic E-state index is 12.9. The molecule has 0 saturated carbocycles. The molecule has 3 aromatic heterocycles. The highest BCUT2D eigenvalue weighted by Gasteiger charge is 2.47. The Labute approximate surface area is 367 Å². The lowest BCUT2D eigenvalue weighted by Gasteiger charge is -2.21. The number of phosphoric ester groups is 1. The molecule has 0 aliphatic carbocycles. The second-order valence-electron chi connectivity index (χ2n) is 15.5. The minimum atomic E-state index is -5.87. The second-order valence-corrected chi connectivity index (χ2v) is 19.9. The number of amides is 1. The number of imidazole rings is 1. The van der Waals surface area contributed by atoms with Crippen LogP contribution in [0.2, 0.25) is 0 Å². The third-order valence-electron chi connectivity index (χ3n) is 10.4. The van der Waals surface area contributed by atoms with Crippen molar-refractivity contribution in [1.29, 1.82) is 0 Å². The van der Waals surface area contributed by atoms with E-state index in [2.05, 4.69) is 95.6 Å². The Balaban J connectivity index is 0.981. The molecule has 3 unspecified atom stereocenters. The Morgan fingerprint density at radius 3 is 2.11 bits per heavy atom. The van der Waals surface area contributed by atoms with E-state index >= 15 is 0 Å². The predicted octanol–water partition coefficient (Wildman–Crippen LogP) is 2.03. The summed E-state index contributed by atoms with van der Waals surface area (Å²) in [5, 5.41) is 30.1. The summed E-state index contributed by atoms with van der Waals surface area (Å²) in [5.74, 6) is 0.101. The van der Waals surface area contributed by atoms with Crippen molar-refractivity contribution in [2.45, 2.75) is 69.6 Å². The van der Waals surface area contributed by atoms with Gasteiger partial charge in [0.15, 0.2) is 23.2 Å². The molecule has 0 spiro atoms. The van der Waals surface area contributed by atoms with E-state index < -0.39 is 54.6 Å². The number of anilines is 4. The van der Waals surface area contributed by atoms with Crippen molar-refractivity contribution in [2.24, 2.45) is 0 Å². The number of benzene rings is 2. The average molecular weight is 955 g/mol. The summed E-state index contributed by atoms with van der Waals surface area (Å²) in [6, 6.07) is 15.0. The number of ether oxygens (including phenoxy) is 1. The van der Waals surface area contributed by atoms with E-state index in [1.54, 1.807) is 0 Å². The Hall–Kier alpha value is -4.38. The summed E-state index contributed by atoms with van der Waals surface area (Å²) in [5.41, 5.74) is 10.7. The number of carbonyl (C=O) groups excluding carboxylic acids is 1. The average Bonchev–Trinajstić information content (AvgIpc) is 3.71. The molecule has 0 bridgehead atoms. The van der Waals surface area contributed by atoms with Crippen LogP contribution in [0.1, 0.15) is 44.8 Å². The number of carbonyl (C=O) groups is 1. The first-order valence-electron chi connectivity index (χ1n) is 20.2. The van der Waals surface area contributed by atoms with E-state index in [0.717, 1.165) is 58.8 Å². The fraction of sp³-hybridized carbons (Fsp3) is 0.486. The number of aliphatic hydroxyl groups is 2. The zero-order chi connectivity index (χ0) is 46.6. The van der Waals surface area contributed by atoms with Gasteiger partial charge < -0.3 is 60.7 Å². The van der Waals surface area contributed by atoms with E-state index in [9.17, 15) is 43.4 Å². The van der Waals surface area contributed by atoms with E-state index in [4.69, 9.17) is 15.4 Å². The van der Waals surface area contributed by atoms with Crippen molar-refractivity contribution in [3.05, 3.63) is 48.8 Å². The fourth-order valence-corrected chi connectivity index (χ4v) is 10.2. The quantitative estimate of drug-likeness (QED) is 0.0213. The summed E-state index contributed by atoms with van der Waals surface area (Å²) in [7, 11) is -9.25. The first kappa shape index (κ1) is 49.1. The van der Waals surface area contributed by atoms with Gasteiger partial charge in [-0.1, -0.05) is 12.8 Å². The number of pyridine rings is 1. The molecule has 1 aliphatic heterocycles. The van der Waals surface area contributed by atoms with Gasteiger partial charge >= 0.3 is 15.6 Å². The van der Waals surface area contributed by atoms with Gasteiger partial charge in [-0.3, -0.25) is 18.5 Å². The minimum Gasteiger partial charge on any atom is -0.756 e. The molecule has 9 N–H and O–H groups in total. The van der Waals surface area contributed by atoms with E-state index in [1.165, 1.54) is 4.57 Å². The minimum absolute atomic E-state index is 0.000655. The summed E-state index contributed by atoms with van der Waals surface area (Å²) in [4.78, 5) is 68.3. The first-order valence-corrected chi connectivity index (χ1v) is 24.6. The number of hydrogen-bond donors (Lipinski definition) is 8. The number of nitrogen functional groups attached to an aromatic ring is 1. The molecular formula is C37H53N10O14P3. The number of nitrogens with zero attached hydrogens (tertiary/aromatic N) is 7. The molecule has 27 heteroatoms. The van der Waals surface area contributed by atoms with Crippen LogP contribution < -0.4 is 35.6 Å². The van der Waals surface area contributed by atoms with Gasteiger partial charge in [0.2, 0.25) is 22.9 Å². The Bertz CT molecular complexity index is 2550. The van der Waals surface area contributed by atoms with Gasteiger partial charge in [0.05, 0.1) is 6.61 Å². The van der Waals surface area contributed by atoms with Gasteiger partial charge in [-0.05, 0) is 43.2 Å². The molecule has 0 radical (unpaired) electrons. The molecule has 2 aromatic carbocycles. The highest BCUT2D eigenvalue weighted by atomic mass is 31.3. The van der Waals surface area contributed by atoms with Crippen LogP contribution in [0.25, 0.3) is 33.0 Å². The fourth-order valence-electron chi connectivity index (χ4n) is 7.23. The summed E-state index contributed by atoms with van der Waals surface area (Å²) >= 11 is 0. The van der Waals surface area contributed by atoms with Crippen LogP contribution in [0.15, 0.2) is 48.8 Å². The van der Waals surface area contributed by atoms with Crippen LogP contribution in [0.3, 0.4) is 0 Å². The van der Waals surface area contributed by atoms with Gasteiger partial charge in [0.1, 0.15) is 31.2 Å². The normalized spacial score (nSPS) is 20.5. The largest absolute Gasteiger partial charge is 0.756 e. The zero-order valence-corrected chi connectivity index (χ0v) is 38.1. The number of aromatic nitrogens is 5. The smallest absolute Gasteiger partial charge is 0.487 e. The molecule has 5 aromatic rings. The molecule has 350 valence electrons. The number of nitrogens with two attached hydrogens (primary N) is 1. The molecule has 24 nitrogen and oxygen atoms in total. The van der Waals surface area contributed by atoms with Crippen LogP contribution in [-0.4, -0.2) is 117 Å². The third-order valence-corrected chi connectivity index (χ3v) is 14.1. The van der Waals surface area contributed by atoms with Crippen molar-refractivity contribution in [1.82, 2.24) is 24.8 Å². The highest BCUT2D eigenvalue weighted by Crippen LogP contribution is 2.65. The van der Waals surface area contributed by atoms with Crippen LogP contribution >= 0.6 is 23.5 Å². The van der Waals surface area contributed by atoms with E-state index in [1.807, 2.05) is 28.2 Å². The zero-order valence-electron chi connectivity index (χ0n) is 35.5. The number of nitrogens with one attached hydrogen (secondary N) is 2. The van der Waals surface area contributed by atoms with Crippen molar-refractivity contribution < 1.29 is 70.7 Å². The maximum atomic E-state index is 12.9. The molecule has 64 heavy (non-hydrogen) atoms. The molecule has 1 aliphatic rings. The number of fused-ring (bicyclic) bond motifs is 3. The van der Waals surface area contributed by atoms with Gasteiger partial charge in [-0.25, -0.2) is 28.4 Å². The SMILES string of the molecule is CN(C)c1ccc2cc3ccc(N(C)C)cc3[n+](CCCC(=O)NCCCCCCNc3nc4c(N)ncnc4n3[C@@H]3O[C@H](COP(=O)(O)OP(=O)(O)OP(=O)([O-])O)[C@@H](O)[C@H]3O)c2c1. The van der Waals surface area contributed by atoms with E-state index in [-0.39, 0.29) is 28.8 Å². The second kappa shape index (κ2) is 20.4. The standard InChI is InChI=1S/C37H53N10O14P3/c1-44(2)25-13-11-23-18-24-12-14-26(45(3)4)20-28(24)46(27(23)19-25)17-9-10-30(48)39-15-7-5-6-8-16-40-37-43-31-34(38)41-22-42-35(31)47(37)36-33(50)32(49)29(59-36)21-58-63(54,55)61-64(56,57)60-62(51,52)53/h11-14,18-20,22,29,32-33,36,49-50H,5-10,15-17,21H2,1-4H3,(H7-,38,39,40,41,42,43,48,51,52,53,54,55,56,57)/t29-,32-,33-,36-/m1/s1. The molecule has 1 fully saturated rings. The molecular weight excluding hydrogens is 901 g/mol.